The van der Waals surface area contributed by atoms with E-state index in [2.05, 4.69) is 24.4 Å². The van der Waals surface area contributed by atoms with Gasteiger partial charge in [0.15, 0.2) is 0 Å². The standard InChI is InChI=1S/C23H26FNO2/c1-16-6-9-21(10-7-16)27-22-11-8-18(12-13-25-17(2)26)23(15-22)19-4-3-5-20(24)14-19/h3-6,8-9,11,14-16,21H,7,10,12-13H2,1-2H3,(H,25,26). The third-order valence-corrected chi connectivity index (χ3v) is 4.83. The Bertz CT molecular complexity index is 831. The number of carbonyl (C=O) groups excluding carboxylic acids is 1. The van der Waals surface area contributed by atoms with E-state index in [1.54, 1.807) is 6.07 Å². The Morgan fingerprint density at radius 1 is 1.19 bits per heavy atom. The van der Waals surface area contributed by atoms with Crippen molar-refractivity contribution in [3.63, 3.8) is 0 Å². The van der Waals surface area contributed by atoms with E-state index < -0.39 is 0 Å². The van der Waals surface area contributed by atoms with Gasteiger partial charge in [-0.15, -0.1) is 0 Å². The smallest absolute Gasteiger partial charge is 0.216 e. The SMILES string of the molecule is CC(=O)NCCc1ccc(OC2C=CC(C)CC2)cc1-c1cccc(F)c1. The molecule has 0 bridgehead atoms. The lowest BCUT2D eigenvalue weighted by Gasteiger charge is -2.22. The predicted octanol–water partition coefficient (Wildman–Crippen LogP) is 4.90. The first-order chi connectivity index (χ1) is 13.0. The Hall–Kier alpha value is -2.62. The van der Waals surface area contributed by atoms with Crippen molar-refractivity contribution in [3.8, 4) is 16.9 Å². The number of hydrogen-bond donors (Lipinski definition) is 1. The zero-order chi connectivity index (χ0) is 19.2. The number of nitrogens with one attached hydrogen (secondary N) is 1. The largest absolute Gasteiger partial charge is 0.486 e. The highest BCUT2D eigenvalue weighted by Gasteiger charge is 2.15. The molecule has 0 saturated heterocycles. The molecule has 0 aromatic heterocycles. The fourth-order valence-electron chi connectivity index (χ4n) is 3.35. The molecule has 0 saturated carbocycles. The Morgan fingerprint density at radius 3 is 2.74 bits per heavy atom. The first-order valence-electron chi connectivity index (χ1n) is 9.49. The van der Waals surface area contributed by atoms with E-state index in [0.717, 1.165) is 35.3 Å². The molecule has 1 aliphatic carbocycles. The third-order valence-electron chi connectivity index (χ3n) is 4.83. The zero-order valence-corrected chi connectivity index (χ0v) is 15.9. The quantitative estimate of drug-likeness (QED) is 0.737. The van der Waals surface area contributed by atoms with E-state index >= 15 is 0 Å². The highest BCUT2D eigenvalue weighted by Crippen LogP contribution is 2.30. The Kier molecular flexibility index (Phi) is 6.28. The van der Waals surface area contributed by atoms with Crippen molar-refractivity contribution in [2.45, 2.75) is 39.2 Å². The predicted molar refractivity (Wildman–Crippen MR) is 106 cm³/mol. The Balaban J connectivity index is 1.85. The summed E-state index contributed by atoms with van der Waals surface area (Å²) >= 11 is 0. The molecular weight excluding hydrogens is 341 g/mol. The van der Waals surface area contributed by atoms with Crippen LogP contribution >= 0.6 is 0 Å². The van der Waals surface area contributed by atoms with Gasteiger partial charge in [-0.05, 0) is 72.2 Å². The number of allylic oxidation sites excluding steroid dienone is 1. The molecule has 1 N–H and O–H groups in total. The van der Waals surface area contributed by atoms with E-state index in [4.69, 9.17) is 4.74 Å². The summed E-state index contributed by atoms with van der Waals surface area (Å²) in [5.74, 6) is 1.06. The van der Waals surface area contributed by atoms with Crippen LogP contribution in [0, 0.1) is 11.7 Å². The number of amides is 1. The third kappa shape index (κ3) is 5.43. The highest BCUT2D eigenvalue weighted by molar-refractivity contribution is 5.73. The molecule has 0 radical (unpaired) electrons. The van der Waals surface area contributed by atoms with E-state index in [1.165, 1.54) is 19.1 Å². The van der Waals surface area contributed by atoms with Gasteiger partial charge in [-0.3, -0.25) is 4.79 Å². The maximum Gasteiger partial charge on any atom is 0.216 e. The topological polar surface area (TPSA) is 38.3 Å². The molecule has 3 rings (SSSR count). The van der Waals surface area contributed by atoms with Crippen molar-refractivity contribution in [3.05, 3.63) is 66.0 Å². The molecule has 27 heavy (non-hydrogen) atoms. The minimum atomic E-state index is -0.268. The van der Waals surface area contributed by atoms with E-state index in [1.807, 2.05) is 24.3 Å². The summed E-state index contributed by atoms with van der Waals surface area (Å²) in [4.78, 5) is 11.1. The summed E-state index contributed by atoms with van der Waals surface area (Å²) < 4.78 is 19.9. The molecule has 0 aliphatic heterocycles. The number of carbonyl (C=O) groups is 1. The lowest BCUT2D eigenvalue weighted by Crippen LogP contribution is -2.22. The summed E-state index contributed by atoms with van der Waals surface area (Å²) in [6.07, 6.45) is 7.19. The van der Waals surface area contributed by atoms with Crippen LogP contribution in [0.25, 0.3) is 11.1 Å². The second-order valence-corrected chi connectivity index (χ2v) is 7.16. The molecule has 2 atom stereocenters. The number of ether oxygens (including phenoxy) is 1. The van der Waals surface area contributed by atoms with Crippen LogP contribution in [-0.4, -0.2) is 18.6 Å². The number of hydrogen-bond acceptors (Lipinski definition) is 2. The van der Waals surface area contributed by atoms with Crippen LogP contribution in [0.5, 0.6) is 5.75 Å². The monoisotopic (exact) mass is 367 g/mol. The normalized spacial score (nSPS) is 18.9. The second kappa shape index (κ2) is 8.85. The minimum Gasteiger partial charge on any atom is -0.486 e. The van der Waals surface area contributed by atoms with Crippen LogP contribution in [0.3, 0.4) is 0 Å². The van der Waals surface area contributed by atoms with Gasteiger partial charge >= 0.3 is 0 Å². The molecule has 142 valence electrons. The fourth-order valence-corrected chi connectivity index (χ4v) is 3.35. The van der Waals surface area contributed by atoms with Crippen molar-refractivity contribution < 1.29 is 13.9 Å². The van der Waals surface area contributed by atoms with Crippen molar-refractivity contribution in [2.24, 2.45) is 5.92 Å². The molecule has 1 amide bonds. The van der Waals surface area contributed by atoms with Gasteiger partial charge < -0.3 is 10.1 Å². The van der Waals surface area contributed by atoms with Crippen molar-refractivity contribution >= 4 is 5.91 Å². The summed E-state index contributed by atoms with van der Waals surface area (Å²) in [6, 6.07) is 12.5. The van der Waals surface area contributed by atoms with Gasteiger partial charge in [-0.1, -0.05) is 31.2 Å². The lowest BCUT2D eigenvalue weighted by atomic mass is 9.95. The lowest BCUT2D eigenvalue weighted by molar-refractivity contribution is -0.118. The van der Waals surface area contributed by atoms with E-state index in [9.17, 15) is 9.18 Å². The molecule has 4 heteroatoms. The maximum absolute atomic E-state index is 13.8. The fraction of sp³-hybridized carbons (Fsp3) is 0.348. The molecule has 2 aromatic carbocycles. The molecule has 0 heterocycles. The molecule has 0 fully saturated rings. The van der Waals surface area contributed by atoms with Crippen LogP contribution in [0.1, 0.15) is 32.3 Å². The molecule has 2 aromatic rings. The molecular formula is C23H26FNO2. The molecule has 3 nitrogen and oxygen atoms in total. The average Bonchev–Trinajstić information content (AvgIpc) is 2.64. The first kappa shape index (κ1) is 19.2. The molecule has 0 spiro atoms. The summed E-state index contributed by atoms with van der Waals surface area (Å²) in [6.45, 7) is 4.25. The first-order valence-corrected chi connectivity index (χ1v) is 9.49. The molecule has 1 aliphatic rings. The van der Waals surface area contributed by atoms with Gasteiger partial charge in [0.1, 0.15) is 17.7 Å². The van der Waals surface area contributed by atoms with Crippen LogP contribution in [0.15, 0.2) is 54.6 Å². The second-order valence-electron chi connectivity index (χ2n) is 7.16. The summed E-state index contributed by atoms with van der Waals surface area (Å²) in [5, 5.41) is 2.82. The Morgan fingerprint density at radius 2 is 2.04 bits per heavy atom. The maximum atomic E-state index is 13.8. The van der Waals surface area contributed by atoms with Gasteiger partial charge in [-0.2, -0.15) is 0 Å². The van der Waals surface area contributed by atoms with Gasteiger partial charge in [0.05, 0.1) is 0 Å². The van der Waals surface area contributed by atoms with Crippen LogP contribution in [0.2, 0.25) is 0 Å². The van der Waals surface area contributed by atoms with Gasteiger partial charge in [0.25, 0.3) is 0 Å². The van der Waals surface area contributed by atoms with E-state index in [-0.39, 0.29) is 17.8 Å². The Labute approximate surface area is 160 Å². The minimum absolute atomic E-state index is 0.0550. The average molecular weight is 367 g/mol. The van der Waals surface area contributed by atoms with Crippen molar-refractivity contribution in [2.75, 3.05) is 6.54 Å². The van der Waals surface area contributed by atoms with Crippen LogP contribution in [0.4, 0.5) is 4.39 Å². The van der Waals surface area contributed by atoms with Gasteiger partial charge in [-0.25, -0.2) is 4.39 Å². The van der Waals surface area contributed by atoms with Crippen LogP contribution < -0.4 is 10.1 Å². The number of rotatable bonds is 6. The highest BCUT2D eigenvalue weighted by atomic mass is 19.1. The zero-order valence-electron chi connectivity index (χ0n) is 15.9. The number of benzene rings is 2. The van der Waals surface area contributed by atoms with Crippen LogP contribution in [-0.2, 0) is 11.2 Å². The van der Waals surface area contributed by atoms with Gasteiger partial charge in [0, 0.05) is 13.5 Å². The summed E-state index contributed by atoms with van der Waals surface area (Å²) in [5.41, 5.74) is 2.80. The number of halogens is 1. The summed E-state index contributed by atoms with van der Waals surface area (Å²) in [7, 11) is 0. The van der Waals surface area contributed by atoms with E-state index in [0.29, 0.717) is 18.9 Å². The van der Waals surface area contributed by atoms with Crippen molar-refractivity contribution in [1.29, 1.82) is 0 Å². The molecule has 2 unspecified atom stereocenters. The van der Waals surface area contributed by atoms with Gasteiger partial charge in [0.2, 0.25) is 5.91 Å². The van der Waals surface area contributed by atoms with Crippen molar-refractivity contribution in [1.82, 2.24) is 5.32 Å².